The van der Waals surface area contributed by atoms with E-state index in [0.29, 0.717) is 17.5 Å². The average molecular weight is 284 g/mol. The smallest absolute Gasteiger partial charge is 0.273 e. The van der Waals surface area contributed by atoms with Gasteiger partial charge in [0.2, 0.25) is 0 Å². The van der Waals surface area contributed by atoms with E-state index in [1.165, 1.54) is 12.8 Å². The number of carbonyl (C=O) groups excluding carboxylic acids is 1. The van der Waals surface area contributed by atoms with Gasteiger partial charge in [-0.05, 0) is 18.8 Å². The second kappa shape index (κ2) is 6.12. The Bertz CT molecular complexity index is 600. The molecule has 2 aromatic rings. The summed E-state index contributed by atoms with van der Waals surface area (Å²) in [6.07, 6.45) is 4.65. The molecule has 0 bridgehead atoms. The number of rotatable bonds is 5. The molecule has 1 aromatic heterocycles. The second-order valence-corrected chi connectivity index (χ2v) is 5.74. The minimum Gasteiger partial charge on any atom is -0.355 e. The average Bonchev–Trinajstić information content (AvgIpc) is 2.96. The summed E-state index contributed by atoms with van der Waals surface area (Å²) in [6, 6.07) is 11.7. The zero-order chi connectivity index (χ0) is 14.7. The van der Waals surface area contributed by atoms with Crippen molar-refractivity contribution in [1.82, 2.24) is 10.5 Å². The van der Waals surface area contributed by atoms with Crippen molar-refractivity contribution in [3.63, 3.8) is 0 Å². The van der Waals surface area contributed by atoms with Gasteiger partial charge in [0.1, 0.15) is 0 Å². The Morgan fingerprint density at radius 3 is 2.81 bits per heavy atom. The largest absolute Gasteiger partial charge is 0.355 e. The molecule has 1 aliphatic rings. The van der Waals surface area contributed by atoms with Gasteiger partial charge in [-0.25, -0.2) is 0 Å². The van der Waals surface area contributed by atoms with Crippen LogP contribution in [-0.4, -0.2) is 17.1 Å². The van der Waals surface area contributed by atoms with Gasteiger partial charge in [-0.1, -0.05) is 55.3 Å². The molecule has 21 heavy (non-hydrogen) atoms. The lowest BCUT2D eigenvalue weighted by molar-refractivity contribution is 0.0876. The van der Waals surface area contributed by atoms with Crippen LogP contribution in [0.3, 0.4) is 0 Å². The predicted octanol–water partition coefficient (Wildman–Crippen LogP) is 3.65. The van der Waals surface area contributed by atoms with Gasteiger partial charge in [0.15, 0.2) is 11.5 Å². The van der Waals surface area contributed by atoms with Crippen LogP contribution in [0.1, 0.15) is 43.1 Å². The number of hydrogen-bond donors (Lipinski definition) is 1. The maximum absolute atomic E-state index is 12.1. The van der Waals surface area contributed by atoms with Crippen LogP contribution >= 0.6 is 0 Å². The first-order valence-electron chi connectivity index (χ1n) is 7.59. The highest BCUT2D eigenvalue weighted by Crippen LogP contribution is 2.31. The molecular formula is C17H20N2O2. The highest BCUT2D eigenvalue weighted by Gasteiger charge is 2.30. The predicted molar refractivity (Wildman–Crippen MR) is 80.8 cm³/mol. The van der Waals surface area contributed by atoms with Crippen molar-refractivity contribution in [1.29, 1.82) is 0 Å². The van der Waals surface area contributed by atoms with Gasteiger partial charge in [0.05, 0.1) is 0 Å². The van der Waals surface area contributed by atoms with Crippen LogP contribution in [0, 0.1) is 5.92 Å². The van der Waals surface area contributed by atoms with Crippen LogP contribution in [0.25, 0.3) is 11.3 Å². The van der Waals surface area contributed by atoms with Crippen LogP contribution in [0.4, 0.5) is 0 Å². The van der Waals surface area contributed by atoms with Crippen LogP contribution < -0.4 is 5.32 Å². The van der Waals surface area contributed by atoms with E-state index in [4.69, 9.17) is 4.52 Å². The lowest BCUT2D eigenvalue weighted by Crippen LogP contribution is -2.44. The Kier molecular flexibility index (Phi) is 4.04. The fraction of sp³-hybridized carbons (Fsp3) is 0.412. The van der Waals surface area contributed by atoms with Crippen molar-refractivity contribution in [3.8, 4) is 11.3 Å². The Morgan fingerprint density at radius 1 is 1.33 bits per heavy atom. The summed E-state index contributed by atoms with van der Waals surface area (Å²) in [7, 11) is 0. The van der Waals surface area contributed by atoms with E-state index in [1.54, 1.807) is 6.07 Å². The van der Waals surface area contributed by atoms with Gasteiger partial charge < -0.3 is 9.84 Å². The molecule has 1 saturated carbocycles. The summed E-state index contributed by atoms with van der Waals surface area (Å²) < 4.78 is 5.25. The number of carbonyl (C=O) groups is 1. The van der Waals surface area contributed by atoms with E-state index in [0.717, 1.165) is 24.3 Å². The standard InChI is InChI=1S/C17H20N2O2/c1-2-6-12-9-14(10-12)18-17(20)15-11-16(21-19-15)13-7-4-3-5-8-13/h3-5,7-8,11-12,14H,2,6,9-10H2,1H3,(H,18,20). The second-order valence-electron chi connectivity index (χ2n) is 5.74. The first-order valence-corrected chi connectivity index (χ1v) is 7.59. The maximum atomic E-state index is 12.1. The molecule has 1 heterocycles. The highest BCUT2D eigenvalue weighted by molar-refractivity contribution is 5.93. The third-order valence-corrected chi connectivity index (χ3v) is 4.07. The van der Waals surface area contributed by atoms with Crippen LogP contribution in [-0.2, 0) is 0 Å². The summed E-state index contributed by atoms with van der Waals surface area (Å²) in [4.78, 5) is 12.1. The van der Waals surface area contributed by atoms with Crippen molar-refractivity contribution >= 4 is 5.91 Å². The number of nitrogens with zero attached hydrogens (tertiary/aromatic N) is 1. The highest BCUT2D eigenvalue weighted by atomic mass is 16.5. The molecule has 1 aromatic carbocycles. The normalized spacial score (nSPS) is 20.8. The molecule has 1 fully saturated rings. The number of amides is 1. The molecule has 1 aliphatic carbocycles. The van der Waals surface area contributed by atoms with Crippen LogP contribution in [0.5, 0.6) is 0 Å². The third-order valence-electron chi connectivity index (χ3n) is 4.07. The van der Waals surface area contributed by atoms with E-state index in [2.05, 4.69) is 17.4 Å². The summed E-state index contributed by atoms with van der Waals surface area (Å²) in [5.41, 5.74) is 1.28. The quantitative estimate of drug-likeness (QED) is 0.911. The lowest BCUT2D eigenvalue weighted by Gasteiger charge is -2.35. The van der Waals surface area contributed by atoms with Crippen LogP contribution in [0.2, 0.25) is 0 Å². The molecule has 110 valence electrons. The van der Waals surface area contributed by atoms with Gasteiger partial charge in [0, 0.05) is 17.7 Å². The lowest BCUT2D eigenvalue weighted by atomic mass is 9.77. The number of nitrogens with one attached hydrogen (secondary N) is 1. The van der Waals surface area contributed by atoms with Gasteiger partial charge in [0.25, 0.3) is 5.91 Å². The molecule has 0 unspecified atom stereocenters. The minimum absolute atomic E-state index is 0.138. The molecule has 4 nitrogen and oxygen atoms in total. The van der Waals surface area contributed by atoms with Gasteiger partial charge in [-0.3, -0.25) is 4.79 Å². The molecule has 0 radical (unpaired) electrons. The Balaban J connectivity index is 1.58. The fourth-order valence-electron chi connectivity index (χ4n) is 2.88. The zero-order valence-corrected chi connectivity index (χ0v) is 12.2. The molecule has 0 spiro atoms. The first kappa shape index (κ1) is 13.9. The molecule has 1 amide bonds. The zero-order valence-electron chi connectivity index (χ0n) is 12.2. The van der Waals surface area contributed by atoms with Crippen molar-refractivity contribution in [2.24, 2.45) is 5.92 Å². The Hall–Kier alpha value is -2.10. The Morgan fingerprint density at radius 2 is 2.10 bits per heavy atom. The molecule has 1 N–H and O–H groups in total. The van der Waals surface area contributed by atoms with Crippen molar-refractivity contribution < 1.29 is 9.32 Å². The molecular weight excluding hydrogens is 264 g/mol. The van der Waals surface area contributed by atoms with Gasteiger partial charge >= 0.3 is 0 Å². The molecule has 3 rings (SSSR count). The van der Waals surface area contributed by atoms with E-state index in [-0.39, 0.29) is 5.91 Å². The van der Waals surface area contributed by atoms with Gasteiger partial charge in [-0.2, -0.15) is 0 Å². The SMILES string of the molecule is CCCC1CC(NC(=O)c2cc(-c3ccccc3)on2)C1. The molecule has 0 saturated heterocycles. The monoisotopic (exact) mass is 284 g/mol. The molecule has 0 atom stereocenters. The topological polar surface area (TPSA) is 55.1 Å². The fourth-order valence-corrected chi connectivity index (χ4v) is 2.88. The van der Waals surface area contributed by atoms with Crippen molar-refractivity contribution in [2.75, 3.05) is 0 Å². The summed E-state index contributed by atoms with van der Waals surface area (Å²) in [6.45, 7) is 2.20. The number of aromatic nitrogens is 1. The number of benzene rings is 1. The van der Waals surface area contributed by atoms with Gasteiger partial charge in [-0.15, -0.1) is 0 Å². The van der Waals surface area contributed by atoms with Crippen LogP contribution in [0.15, 0.2) is 40.9 Å². The minimum atomic E-state index is -0.138. The van der Waals surface area contributed by atoms with E-state index >= 15 is 0 Å². The van der Waals surface area contributed by atoms with E-state index in [9.17, 15) is 4.79 Å². The summed E-state index contributed by atoms with van der Waals surface area (Å²) in [5, 5.41) is 6.90. The van der Waals surface area contributed by atoms with E-state index < -0.39 is 0 Å². The molecule has 0 aliphatic heterocycles. The molecule has 4 heteroatoms. The maximum Gasteiger partial charge on any atom is 0.273 e. The Labute approximate surface area is 124 Å². The number of hydrogen-bond acceptors (Lipinski definition) is 3. The first-order chi connectivity index (χ1) is 10.3. The van der Waals surface area contributed by atoms with Crippen molar-refractivity contribution in [3.05, 3.63) is 42.1 Å². The summed E-state index contributed by atoms with van der Waals surface area (Å²) in [5.74, 6) is 1.26. The summed E-state index contributed by atoms with van der Waals surface area (Å²) >= 11 is 0. The van der Waals surface area contributed by atoms with Crippen molar-refractivity contribution in [2.45, 2.75) is 38.6 Å². The van der Waals surface area contributed by atoms with E-state index in [1.807, 2.05) is 30.3 Å². The third kappa shape index (κ3) is 3.15.